The van der Waals surface area contributed by atoms with Crippen molar-refractivity contribution in [2.24, 2.45) is 0 Å². The molecule has 0 radical (unpaired) electrons. The van der Waals surface area contributed by atoms with Crippen LogP contribution in [0.4, 0.5) is 0 Å². The van der Waals surface area contributed by atoms with E-state index in [1.54, 1.807) is 35.1 Å². The summed E-state index contributed by atoms with van der Waals surface area (Å²) in [5.74, 6) is 0.201. The van der Waals surface area contributed by atoms with Crippen LogP contribution in [-0.2, 0) is 11.2 Å². The van der Waals surface area contributed by atoms with Crippen molar-refractivity contribution in [1.29, 1.82) is 0 Å². The highest BCUT2D eigenvalue weighted by atomic mass is 16.3. The molecule has 1 heterocycles. The van der Waals surface area contributed by atoms with Gasteiger partial charge in [0.2, 0.25) is 0 Å². The van der Waals surface area contributed by atoms with E-state index in [1.807, 2.05) is 0 Å². The average molecular weight is 203 g/mol. The molecule has 0 amide bonds. The van der Waals surface area contributed by atoms with Crippen LogP contribution in [0, 0.1) is 0 Å². The highest BCUT2D eigenvalue weighted by Crippen LogP contribution is 2.12. The lowest BCUT2D eigenvalue weighted by Gasteiger charge is -1.98. The number of aldehydes is 1. The topological polar surface area (TPSA) is 68.0 Å². The van der Waals surface area contributed by atoms with Crippen LogP contribution < -0.4 is 0 Å². The maximum Gasteiger partial charge on any atom is 0.126 e. The third kappa shape index (κ3) is 2.01. The molecule has 5 nitrogen and oxygen atoms in total. The van der Waals surface area contributed by atoms with Crippen molar-refractivity contribution in [2.75, 3.05) is 0 Å². The Morgan fingerprint density at radius 1 is 1.33 bits per heavy atom. The molecule has 0 aliphatic carbocycles. The number of rotatable bonds is 3. The summed E-state index contributed by atoms with van der Waals surface area (Å²) in [6.45, 7) is 0. The zero-order valence-corrected chi connectivity index (χ0v) is 7.87. The summed E-state index contributed by atoms with van der Waals surface area (Å²) < 4.78 is 1.55. The summed E-state index contributed by atoms with van der Waals surface area (Å²) >= 11 is 0. The highest BCUT2D eigenvalue weighted by molar-refractivity contribution is 5.53. The van der Waals surface area contributed by atoms with Crippen LogP contribution in [0.25, 0.3) is 5.69 Å². The molecule has 15 heavy (non-hydrogen) atoms. The van der Waals surface area contributed by atoms with Gasteiger partial charge < -0.3 is 9.90 Å². The van der Waals surface area contributed by atoms with E-state index in [2.05, 4.69) is 10.3 Å². The van der Waals surface area contributed by atoms with E-state index in [9.17, 15) is 4.79 Å². The predicted molar refractivity (Wildman–Crippen MR) is 52.8 cm³/mol. The standard InChI is InChI=1S/C10H9N3O2/c14-6-5-8-7-13(12-11-8)9-1-3-10(15)4-2-9/h1-4,6-7,15H,5H2. The zero-order valence-electron chi connectivity index (χ0n) is 7.87. The number of benzene rings is 1. The van der Waals surface area contributed by atoms with E-state index >= 15 is 0 Å². The van der Waals surface area contributed by atoms with Crippen LogP contribution in [0.15, 0.2) is 30.5 Å². The van der Waals surface area contributed by atoms with E-state index in [-0.39, 0.29) is 12.2 Å². The number of phenols is 1. The molecule has 2 aromatic rings. The molecule has 0 fully saturated rings. The van der Waals surface area contributed by atoms with Gasteiger partial charge in [0.15, 0.2) is 0 Å². The second kappa shape index (κ2) is 3.91. The molecular formula is C10H9N3O2. The van der Waals surface area contributed by atoms with Crippen molar-refractivity contribution in [3.63, 3.8) is 0 Å². The largest absolute Gasteiger partial charge is 0.508 e. The van der Waals surface area contributed by atoms with Crippen molar-refractivity contribution < 1.29 is 9.90 Å². The first kappa shape index (κ1) is 9.39. The second-order valence-electron chi connectivity index (χ2n) is 3.04. The fourth-order valence-electron chi connectivity index (χ4n) is 1.21. The minimum atomic E-state index is 0.201. The van der Waals surface area contributed by atoms with Gasteiger partial charge in [-0.05, 0) is 24.3 Å². The maximum absolute atomic E-state index is 10.3. The Balaban J connectivity index is 2.28. The predicted octanol–water partition coefficient (Wildman–Crippen LogP) is 0.714. The number of hydrogen-bond donors (Lipinski definition) is 1. The molecule has 1 aromatic carbocycles. The third-order valence-corrected chi connectivity index (χ3v) is 1.95. The quantitative estimate of drug-likeness (QED) is 0.746. The molecular weight excluding hydrogens is 194 g/mol. The van der Waals surface area contributed by atoms with Gasteiger partial charge in [0.25, 0.3) is 0 Å². The van der Waals surface area contributed by atoms with Gasteiger partial charge >= 0.3 is 0 Å². The molecule has 0 saturated heterocycles. The molecule has 0 aliphatic rings. The molecule has 0 bridgehead atoms. The molecule has 1 N–H and O–H groups in total. The average Bonchev–Trinajstić information content (AvgIpc) is 2.68. The van der Waals surface area contributed by atoms with Crippen molar-refractivity contribution in [3.8, 4) is 11.4 Å². The molecule has 0 unspecified atom stereocenters. The number of carbonyl (C=O) groups excluding carboxylic acids is 1. The summed E-state index contributed by atoms with van der Waals surface area (Å²) in [7, 11) is 0. The number of aromatic nitrogens is 3. The van der Waals surface area contributed by atoms with E-state index in [4.69, 9.17) is 5.11 Å². The molecule has 76 valence electrons. The van der Waals surface area contributed by atoms with Crippen LogP contribution in [0.5, 0.6) is 5.75 Å². The first-order valence-electron chi connectivity index (χ1n) is 4.44. The van der Waals surface area contributed by atoms with Crippen molar-refractivity contribution in [3.05, 3.63) is 36.2 Å². The molecule has 0 spiro atoms. The molecule has 1 aromatic heterocycles. The Hall–Kier alpha value is -2.17. The van der Waals surface area contributed by atoms with Gasteiger partial charge in [-0.1, -0.05) is 5.21 Å². The minimum Gasteiger partial charge on any atom is -0.508 e. The monoisotopic (exact) mass is 203 g/mol. The number of aromatic hydroxyl groups is 1. The van der Waals surface area contributed by atoms with Crippen LogP contribution in [0.3, 0.4) is 0 Å². The lowest BCUT2D eigenvalue weighted by molar-refractivity contribution is -0.107. The van der Waals surface area contributed by atoms with Gasteiger partial charge in [0.05, 0.1) is 17.6 Å². The first-order chi connectivity index (χ1) is 7.29. The van der Waals surface area contributed by atoms with Gasteiger partial charge in [0, 0.05) is 6.42 Å². The summed E-state index contributed by atoms with van der Waals surface area (Å²) in [6, 6.07) is 6.57. The van der Waals surface area contributed by atoms with E-state index in [0.29, 0.717) is 5.69 Å². The highest BCUT2D eigenvalue weighted by Gasteiger charge is 2.01. The SMILES string of the molecule is O=CCc1cn(-c2ccc(O)cc2)nn1. The molecule has 2 rings (SSSR count). The Bertz CT molecular complexity index is 462. The lowest BCUT2D eigenvalue weighted by Crippen LogP contribution is -1.93. The molecule has 0 aliphatic heterocycles. The van der Waals surface area contributed by atoms with Gasteiger partial charge in [0.1, 0.15) is 12.0 Å². The maximum atomic E-state index is 10.3. The van der Waals surface area contributed by atoms with Gasteiger partial charge in [-0.3, -0.25) is 0 Å². The van der Waals surface area contributed by atoms with Gasteiger partial charge in [-0.15, -0.1) is 5.10 Å². The number of carbonyl (C=O) groups is 1. The van der Waals surface area contributed by atoms with Crippen LogP contribution >= 0.6 is 0 Å². The fourth-order valence-corrected chi connectivity index (χ4v) is 1.21. The van der Waals surface area contributed by atoms with E-state index in [1.165, 1.54) is 0 Å². The van der Waals surface area contributed by atoms with Crippen LogP contribution in [0.2, 0.25) is 0 Å². The lowest BCUT2D eigenvalue weighted by atomic mass is 10.3. The Morgan fingerprint density at radius 3 is 2.73 bits per heavy atom. The van der Waals surface area contributed by atoms with Crippen molar-refractivity contribution >= 4 is 6.29 Å². The number of hydrogen-bond acceptors (Lipinski definition) is 4. The molecule has 0 saturated carbocycles. The second-order valence-corrected chi connectivity index (χ2v) is 3.04. The fraction of sp³-hybridized carbons (Fsp3) is 0.100. The Labute approximate surface area is 86.0 Å². The third-order valence-electron chi connectivity index (χ3n) is 1.95. The Kier molecular flexibility index (Phi) is 2.45. The van der Waals surface area contributed by atoms with Gasteiger partial charge in [-0.25, -0.2) is 4.68 Å². The summed E-state index contributed by atoms with van der Waals surface area (Å²) in [4.78, 5) is 10.3. The summed E-state index contributed by atoms with van der Waals surface area (Å²) in [5.41, 5.74) is 1.41. The normalized spacial score (nSPS) is 10.1. The van der Waals surface area contributed by atoms with Crippen molar-refractivity contribution in [1.82, 2.24) is 15.0 Å². The minimum absolute atomic E-state index is 0.201. The van der Waals surface area contributed by atoms with Crippen molar-refractivity contribution in [2.45, 2.75) is 6.42 Å². The van der Waals surface area contributed by atoms with Gasteiger partial charge in [-0.2, -0.15) is 0 Å². The summed E-state index contributed by atoms with van der Waals surface area (Å²) in [6.07, 6.45) is 2.73. The Morgan fingerprint density at radius 2 is 2.07 bits per heavy atom. The van der Waals surface area contributed by atoms with Crippen LogP contribution in [0.1, 0.15) is 5.69 Å². The molecule has 0 atom stereocenters. The van der Waals surface area contributed by atoms with Crippen LogP contribution in [-0.4, -0.2) is 26.4 Å². The smallest absolute Gasteiger partial charge is 0.126 e. The number of phenolic OH excluding ortho intramolecular Hbond substituents is 1. The summed E-state index contributed by atoms with van der Waals surface area (Å²) in [5, 5.41) is 16.8. The van der Waals surface area contributed by atoms with E-state index in [0.717, 1.165) is 12.0 Å². The zero-order chi connectivity index (χ0) is 10.7. The van der Waals surface area contributed by atoms with E-state index < -0.39 is 0 Å². The first-order valence-corrected chi connectivity index (χ1v) is 4.44. The molecule has 5 heteroatoms. The number of nitrogens with zero attached hydrogens (tertiary/aromatic N) is 3.